The maximum Gasteiger partial charge on any atom is 0.407 e. The number of carbonyl (C=O) groups excluding carboxylic acids is 3. The molecular weight excluding hydrogens is 678 g/mol. The van der Waals surface area contributed by atoms with Crippen LogP contribution >= 0.6 is 0 Å². The van der Waals surface area contributed by atoms with Gasteiger partial charge in [0.25, 0.3) is 0 Å². The van der Waals surface area contributed by atoms with Crippen LogP contribution in [0.1, 0.15) is 96.4 Å². The number of ether oxygens (including phenoxy) is 3. The summed E-state index contributed by atoms with van der Waals surface area (Å²) in [6, 6.07) is 10.0. The molecule has 4 aromatic rings. The number of H-pyrrole nitrogens is 2. The van der Waals surface area contributed by atoms with Gasteiger partial charge in [0.05, 0.1) is 19.2 Å². The third kappa shape index (κ3) is 7.29. The van der Waals surface area contributed by atoms with E-state index in [9.17, 15) is 14.4 Å². The second-order valence-electron chi connectivity index (χ2n) is 14.3. The van der Waals surface area contributed by atoms with Crippen molar-refractivity contribution < 1.29 is 28.6 Å². The van der Waals surface area contributed by atoms with Crippen LogP contribution in [0.2, 0.25) is 0 Å². The van der Waals surface area contributed by atoms with Crippen LogP contribution < -0.4 is 14.8 Å². The Morgan fingerprint density at radius 1 is 0.811 bits per heavy atom. The van der Waals surface area contributed by atoms with Gasteiger partial charge >= 0.3 is 6.09 Å². The molecule has 5 atom stereocenters. The Balaban J connectivity index is 1.04. The molecule has 3 aliphatic rings. The van der Waals surface area contributed by atoms with Crippen molar-refractivity contribution in [2.24, 2.45) is 11.8 Å². The van der Waals surface area contributed by atoms with Crippen LogP contribution in [-0.2, 0) is 14.3 Å². The molecule has 3 aliphatic heterocycles. The number of hydrogen-bond acceptors (Lipinski definition) is 10. The third-order valence-electron chi connectivity index (χ3n) is 10.8. The fraction of sp³-hybridized carbons (Fsp3) is 0.500. The molecule has 3 amide bonds. The van der Waals surface area contributed by atoms with Crippen molar-refractivity contribution in [1.29, 1.82) is 0 Å². The van der Waals surface area contributed by atoms with Crippen LogP contribution in [0, 0.1) is 11.8 Å². The van der Waals surface area contributed by atoms with E-state index in [2.05, 4.69) is 49.5 Å². The Labute approximate surface area is 308 Å². The number of aromatic amines is 2. The van der Waals surface area contributed by atoms with E-state index in [1.807, 2.05) is 55.1 Å². The number of aromatic nitrogens is 6. The van der Waals surface area contributed by atoms with Crippen LogP contribution in [0.25, 0.3) is 22.8 Å². The molecule has 2 aromatic heterocycles. The molecule has 2 saturated heterocycles. The van der Waals surface area contributed by atoms with Crippen LogP contribution in [0.5, 0.6) is 23.0 Å². The molecule has 15 heteroatoms. The lowest BCUT2D eigenvalue weighted by atomic mass is 9.97. The van der Waals surface area contributed by atoms with Gasteiger partial charge in [-0.1, -0.05) is 40.5 Å². The van der Waals surface area contributed by atoms with E-state index in [4.69, 9.17) is 14.2 Å². The van der Waals surface area contributed by atoms with Gasteiger partial charge in [0.2, 0.25) is 11.8 Å². The number of fused-ring (bicyclic) bond motifs is 2. The van der Waals surface area contributed by atoms with Crippen LogP contribution in [0.4, 0.5) is 4.79 Å². The molecule has 0 bridgehead atoms. The first-order chi connectivity index (χ1) is 25.7. The molecule has 0 radical (unpaired) electrons. The van der Waals surface area contributed by atoms with Crippen molar-refractivity contribution in [3.8, 4) is 45.8 Å². The van der Waals surface area contributed by atoms with Gasteiger partial charge in [-0.25, -0.2) is 4.79 Å². The van der Waals surface area contributed by atoms with Crippen LogP contribution in [0.15, 0.2) is 36.4 Å². The number of rotatable bonds is 11. The molecule has 280 valence electrons. The summed E-state index contributed by atoms with van der Waals surface area (Å²) in [7, 11) is 1.29. The highest BCUT2D eigenvalue weighted by Crippen LogP contribution is 2.47. The van der Waals surface area contributed by atoms with Gasteiger partial charge in [-0.3, -0.25) is 9.59 Å². The number of alkyl carbamates (subject to hydrolysis) is 1. The molecule has 2 fully saturated rings. The normalized spacial score (nSPS) is 19.4. The van der Waals surface area contributed by atoms with Crippen molar-refractivity contribution in [2.45, 2.75) is 90.8 Å². The zero-order valence-corrected chi connectivity index (χ0v) is 30.8. The van der Waals surface area contributed by atoms with Crippen molar-refractivity contribution in [1.82, 2.24) is 45.5 Å². The first kappa shape index (κ1) is 35.9. The molecule has 0 saturated carbocycles. The largest absolute Gasteiger partial charge is 0.453 e. The molecule has 2 aromatic carbocycles. The third-order valence-corrected chi connectivity index (χ3v) is 10.8. The zero-order chi connectivity index (χ0) is 37.2. The number of hydrogen-bond donors (Lipinski definition) is 3. The minimum Gasteiger partial charge on any atom is -0.453 e. The van der Waals surface area contributed by atoms with Crippen molar-refractivity contribution in [2.75, 3.05) is 20.2 Å². The Kier molecular flexibility index (Phi) is 10.3. The van der Waals surface area contributed by atoms with Gasteiger partial charge in [-0.15, -0.1) is 20.4 Å². The fourth-order valence-electron chi connectivity index (χ4n) is 7.26. The minimum absolute atomic E-state index is 0.0808. The lowest BCUT2D eigenvalue weighted by Gasteiger charge is -2.30. The average molecular weight is 726 g/mol. The first-order valence-corrected chi connectivity index (χ1v) is 18.6. The first-order valence-electron chi connectivity index (χ1n) is 18.6. The molecule has 15 nitrogen and oxygen atoms in total. The lowest BCUT2D eigenvalue weighted by molar-refractivity contribution is -0.136. The fourth-order valence-corrected chi connectivity index (χ4v) is 7.26. The quantitative estimate of drug-likeness (QED) is 0.133. The summed E-state index contributed by atoms with van der Waals surface area (Å²) in [6.45, 7) is 9.42. The number of amides is 3. The van der Waals surface area contributed by atoms with Gasteiger partial charge in [0, 0.05) is 30.6 Å². The predicted octanol–water partition coefficient (Wildman–Crippen LogP) is 6.69. The van der Waals surface area contributed by atoms with Gasteiger partial charge in [-0.05, 0) is 73.9 Å². The number of likely N-dealkylation sites (tertiary alicyclic amines) is 2. The van der Waals surface area contributed by atoms with E-state index in [0.29, 0.717) is 71.6 Å². The van der Waals surface area contributed by atoms with Gasteiger partial charge in [-0.2, -0.15) is 0 Å². The van der Waals surface area contributed by atoms with Crippen LogP contribution in [-0.4, -0.2) is 84.3 Å². The van der Waals surface area contributed by atoms with E-state index in [-0.39, 0.29) is 29.8 Å². The highest BCUT2D eigenvalue weighted by atomic mass is 16.6. The van der Waals surface area contributed by atoms with Gasteiger partial charge in [0.1, 0.15) is 6.04 Å². The monoisotopic (exact) mass is 725 g/mol. The maximum atomic E-state index is 13.7. The topological polar surface area (TPSA) is 181 Å². The summed E-state index contributed by atoms with van der Waals surface area (Å²) >= 11 is 0. The van der Waals surface area contributed by atoms with Crippen molar-refractivity contribution in [3.05, 3.63) is 48.0 Å². The lowest BCUT2D eigenvalue weighted by Crippen LogP contribution is -2.51. The second-order valence-corrected chi connectivity index (χ2v) is 14.3. The number of carbonyl (C=O) groups is 3. The van der Waals surface area contributed by atoms with E-state index in [0.717, 1.165) is 49.8 Å². The van der Waals surface area contributed by atoms with Crippen molar-refractivity contribution >= 4 is 17.9 Å². The van der Waals surface area contributed by atoms with Gasteiger partial charge < -0.3 is 39.3 Å². The summed E-state index contributed by atoms with van der Waals surface area (Å²) in [4.78, 5) is 49.1. The molecule has 0 aliphatic carbocycles. The number of methoxy groups -OCH3 is 1. The number of nitrogens with zero attached hydrogens (tertiary/aromatic N) is 6. The highest BCUT2D eigenvalue weighted by Gasteiger charge is 2.38. The Bertz CT molecular complexity index is 1980. The molecular formula is C38H47N9O6. The Morgan fingerprint density at radius 2 is 1.36 bits per heavy atom. The Morgan fingerprint density at radius 3 is 1.89 bits per heavy atom. The number of nitrogens with one attached hydrogen (secondary N) is 3. The molecule has 3 N–H and O–H groups in total. The standard InChI is InChI=1S/C38H47N9O6/c1-6-21(3)18-31(48)46-16-8-10-25(46)35-40-33(42-44-35)23-12-14-27-29(19-23)52-28-15-13-24(20-30(28)53-27)34-41-36(45-43-34)26-11-9-17-47(26)37(49)32(22(4)7-2)39-38(50)51-5/h12-15,19-22,25-26,32H,6-11,16-18H2,1-5H3,(H,39,50)(H,40,42,44)(H,41,43,45)/t21-,22-,25-,26-,32-/m0/s1. The average Bonchev–Trinajstić information content (AvgIpc) is 4.01. The SMILES string of the molecule is CC[C@H](C)CC(=O)N1CCC[C@H]1c1nnc(-c2ccc3c(c2)Oc2ccc(-c4nnc([C@@H]5CCCN5C(=O)[C@@H](NC(=O)OC)[C@@H](C)CC)[nH]4)cc2O3)[nH]1. The predicted molar refractivity (Wildman–Crippen MR) is 194 cm³/mol. The zero-order valence-electron chi connectivity index (χ0n) is 30.8. The summed E-state index contributed by atoms with van der Waals surface area (Å²) in [5.41, 5.74) is 1.52. The molecule has 0 spiro atoms. The summed E-state index contributed by atoms with van der Waals surface area (Å²) in [6.07, 6.45) is 4.90. The maximum absolute atomic E-state index is 13.7. The molecule has 7 rings (SSSR count). The van der Waals surface area contributed by atoms with Gasteiger partial charge in [0.15, 0.2) is 46.3 Å². The van der Waals surface area contributed by atoms with E-state index < -0.39 is 12.1 Å². The summed E-state index contributed by atoms with van der Waals surface area (Å²) in [5, 5.41) is 20.4. The highest BCUT2D eigenvalue weighted by molar-refractivity contribution is 5.86. The van der Waals surface area contributed by atoms with E-state index >= 15 is 0 Å². The van der Waals surface area contributed by atoms with E-state index in [1.54, 1.807) is 4.90 Å². The molecule has 5 heterocycles. The van der Waals surface area contributed by atoms with Crippen LogP contribution in [0.3, 0.4) is 0 Å². The number of benzene rings is 2. The smallest absolute Gasteiger partial charge is 0.407 e. The minimum atomic E-state index is -0.709. The van der Waals surface area contributed by atoms with Crippen molar-refractivity contribution in [3.63, 3.8) is 0 Å². The summed E-state index contributed by atoms with van der Waals surface area (Å²) in [5.74, 6) is 4.80. The molecule has 53 heavy (non-hydrogen) atoms. The summed E-state index contributed by atoms with van der Waals surface area (Å²) < 4.78 is 17.3. The van der Waals surface area contributed by atoms with E-state index in [1.165, 1.54) is 7.11 Å². The molecule has 0 unspecified atom stereocenters. The second kappa shape index (κ2) is 15.2. The Hall–Kier alpha value is -5.47.